The molecule has 0 aliphatic carbocycles. The monoisotopic (exact) mass is 336 g/mol. The van der Waals surface area contributed by atoms with Crippen LogP contribution < -0.4 is 20.7 Å². The van der Waals surface area contributed by atoms with Crippen molar-refractivity contribution in [1.29, 1.82) is 0 Å². The summed E-state index contributed by atoms with van der Waals surface area (Å²) in [4.78, 5) is 4.34. The molecule has 0 N–H and O–H groups in total. The number of hydrogen-bond donors (Lipinski definition) is 0. The average Bonchev–Trinajstić information content (AvgIpc) is 2.72. The minimum Gasteiger partial charge on any atom is -0.255 e. The summed E-state index contributed by atoms with van der Waals surface area (Å²) in [7, 11) is -2.42. The molecule has 0 saturated heterocycles. The summed E-state index contributed by atoms with van der Waals surface area (Å²) in [6, 6.07) is 36.6. The van der Waals surface area contributed by atoms with Gasteiger partial charge in [-0.3, -0.25) is 4.98 Å². The van der Waals surface area contributed by atoms with Gasteiger partial charge in [-0.05, 0) is 26.8 Å². The Balaban J connectivity index is 2.13. The molecule has 0 saturated carbocycles. The number of nitrogens with zero attached hydrogens (tertiary/aromatic N) is 1. The molecule has 0 fully saturated rings. The average molecular weight is 336 g/mol. The maximum absolute atomic E-state index is 4.34. The van der Waals surface area contributed by atoms with Gasteiger partial charge < -0.3 is 0 Å². The molecule has 0 bridgehead atoms. The topological polar surface area (TPSA) is 12.9 Å². The highest BCUT2D eigenvalue weighted by Gasteiger charge is 2.41. The quantitative estimate of drug-likeness (QED) is 0.411. The van der Waals surface area contributed by atoms with E-state index < -0.39 is 8.07 Å². The molecule has 1 nitrogen and oxygen atoms in total. The first-order valence-corrected chi connectivity index (χ1v) is 10.4. The minimum atomic E-state index is -2.42. The van der Waals surface area contributed by atoms with Gasteiger partial charge in [0.2, 0.25) is 0 Å². The van der Waals surface area contributed by atoms with Gasteiger partial charge in [0.25, 0.3) is 0 Å². The van der Waals surface area contributed by atoms with Gasteiger partial charge in [-0.15, -0.1) is 0 Å². The van der Waals surface area contributed by atoms with E-state index in [-0.39, 0.29) is 0 Å². The number of benzene rings is 3. The summed E-state index contributed by atoms with van der Waals surface area (Å²) in [5.41, 5.74) is 0. The van der Waals surface area contributed by atoms with Gasteiger partial charge in [0.15, 0.2) is 8.07 Å². The lowest BCUT2D eigenvalue weighted by atomic mass is 10.3. The van der Waals surface area contributed by atoms with Crippen LogP contribution in [0.15, 0.2) is 109 Å². The maximum atomic E-state index is 4.34. The minimum absolute atomic E-state index is 1.18. The second-order valence-electron chi connectivity index (χ2n) is 6.01. The molecule has 1 radical (unpaired) electrons. The second kappa shape index (κ2) is 6.87. The second-order valence-corrected chi connectivity index (χ2v) is 9.78. The van der Waals surface area contributed by atoms with E-state index in [0.29, 0.717) is 0 Å². The summed E-state index contributed by atoms with van der Waals surface area (Å²) in [5.74, 6) is 0. The third-order valence-electron chi connectivity index (χ3n) is 4.63. The van der Waals surface area contributed by atoms with E-state index >= 15 is 0 Å². The fourth-order valence-electron chi connectivity index (χ4n) is 3.57. The SMILES string of the molecule is [c]1ncccc1[Si](c1ccccc1)(c1ccccc1)c1ccccc1. The lowest BCUT2D eigenvalue weighted by Gasteiger charge is -2.33. The molecule has 3 aromatic carbocycles. The molecule has 25 heavy (non-hydrogen) atoms. The van der Waals surface area contributed by atoms with Crippen LogP contribution in [-0.4, -0.2) is 13.1 Å². The van der Waals surface area contributed by atoms with Gasteiger partial charge in [-0.25, -0.2) is 0 Å². The predicted molar refractivity (Wildman–Crippen MR) is 107 cm³/mol. The molecule has 4 aromatic rings. The summed E-state index contributed by atoms with van der Waals surface area (Å²) in [6.07, 6.45) is 5.11. The maximum Gasteiger partial charge on any atom is 0.182 e. The summed E-state index contributed by atoms with van der Waals surface area (Å²) in [6.45, 7) is 0. The Hall–Kier alpha value is -2.97. The first-order chi connectivity index (χ1) is 12.4. The fourth-order valence-corrected chi connectivity index (χ4v) is 8.16. The van der Waals surface area contributed by atoms with Crippen molar-refractivity contribution in [2.24, 2.45) is 0 Å². The van der Waals surface area contributed by atoms with E-state index in [1.165, 1.54) is 20.7 Å². The first kappa shape index (κ1) is 15.5. The number of aromatic nitrogens is 1. The molecule has 1 aromatic heterocycles. The molecule has 119 valence electrons. The Morgan fingerprint density at radius 3 is 1.32 bits per heavy atom. The molecular formula is C23H18NSi. The first-order valence-electron chi connectivity index (χ1n) is 8.42. The highest BCUT2D eigenvalue weighted by molar-refractivity contribution is 7.19. The number of hydrogen-bond acceptors (Lipinski definition) is 1. The molecule has 0 atom stereocenters. The van der Waals surface area contributed by atoms with E-state index in [0.717, 1.165) is 0 Å². The molecule has 0 aliphatic rings. The third-order valence-corrected chi connectivity index (χ3v) is 9.32. The van der Waals surface area contributed by atoms with Gasteiger partial charge in [0.05, 0.1) is 6.20 Å². The van der Waals surface area contributed by atoms with Crippen LogP contribution in [0.2, 0.25) is 0 Å². The Morgan fingerprint density at radius 1 is 0.520 bits per heavy atom. The Kier molecular flexibility index (Phi) is 4.28. The van der Waals surface area contributed by atoms with E-state index in [1.54, 1.807) is 6.20 Å². The molecule has 4 rings (SSSR count). The lowest BCUT2D eigenvalue weighted by Crippen LogP contribution is -2.74. The largest absolute Gasteiger partial charge is 0.255 e. The van der Waals surface area contributed by atoms with Gasteiger partial charge in [-0.2, -0.15) is 0 Å². The molecule has 0 amide bonds. The van der Waals surface area contributed by atoms with Crippen LogP contribution in [0.1, 0.15) is 0 Å². The van der Waals surface area contributed by atoms with Crippen LogP contribution in [0.5, 0.6) is 0 Å². The van der Waals surface area contributed by atoms with Crippen molar-refractivity contribution in [1.82, 2.24) is 4.98 Å². The zero-order valence-corrected chi connectivity index (χ0v) is 14.8. The van der Waals surface area contributed by atoms with Crippen molar-refractivity contribution in [3.8, 4) is 0 Å². The molecular weight excluding hydrogens is 318 g/mol. The Labute approximate surface area is 149 Å². The zero-order chi connectivity index (χ0) is 17.0. The Bertz CT molecular complexity index is 759. The standard InChI is InChI=1S/C23H18NSi/c1-4-11-20(12-5-1)25(21-13-6-2-7-14-21,22-15-8-3-9-16-22)23-17-10-18-24-19-23/h1-18H. The zero-order valence-electron chi connectivity index (χ0n) is 13.8. The van der Waals surface area contributed by atoms with Crippen molar-refractivity contribution in [2.45, 2.75) is 0 Å². The fraction of sp³-hybridized carbons (Fsp3) is 0. The molecule has 2 heteroatoms. The smallest absolute Gasteiger partial charge is 0.182 e. The van der Waals surface area contributed by atoms with Crippen LogP contribution in [-0.2, 0) is 0 Å². The molecule has 0 spiro atoms. The number of pyridine rings is 1. The normalized spacial score (nSPS) is 11.2. The van der Waals surface area contributed by atoms with E-state index in [4.69, 9.17) is 0 Å². The molecule has 0 unspecified atom stereocenters. The van der Waals surface area contributed by atoms with Crippen LogP contribution >= 0.6 is 0 Å². The Morgan fingerprint density at radius 2 is 0.960 bits per heavy atom. The van der Waals surface area contributed by atoms with Crippen LogP contribution in [0.4, 0.5) is 0 Å². The summed E-state index contributed by atoms with van der Waals surface area (Å²) >= 11 is 0. The molecule has 1 heterocycles. The van der Waals surface area contributed by atoms with Crippen molar-refractivity contribution in [3.63, 3.8) is 0 Å². The van der Waals surface area contributed by atoms with Gasteiger partial charge in [0, 0.05) is 6.20 Å². The third kappa shape index (κ3) is 2.71. The predicted octanol–water partition coefficient (Wildman–Crippen LogP) is 2.26. The van der Waals surface area contributed by atoms with Crippen LogP contribution in [0, 0.1) is 6.20 Å². The van der Waals surface area contributed by atoms with Crippen molar-refractivity contribution in [3.05, 3.63) is 116 Å². The molecule has 0 aliphatic heterocycles. The van der Waals surface area contributed by atoms with Crippen LogP contribution in [0.3, 0.4) is 0 Å². The number of rotatable bonds is 4. The van der Waals surface area contributed by atoms with Gasteiger partial charge >= 0.3 is 0 Å². The summed E-state index contributed by atoms with van der Waals surface area (Å²) < 4.78 is 0. The van der Waals surface area contributed by atoms with E-state index in [9.17, 15) is 0 Å². The summed E-state index contributed by atoms with van der Waals surface area (Å²) in [5, 5.41) is 5.21. The van der Waals surface area contributed by atoms with E-state index in [1.807, 2.05) is 6.07 Å². The van der Waals surface area contributed by atoms with Gasteiger partial charge in [0.1, 0.15) is 0 Å². The van der Waals surface area contributed by atoms with Crippen molar-refractivity contribution < 1.29 is 0 Å². The van der Waals surface area contributed by atoms with Crippen molar-refractivity contribution in [2.75, 3.05) is 0 Å². The van der Waals surface area contributed by atoms with E-state index in [2.05, 4.69) is 108 Å². The highest BCUT2D eigenvalue weighted by atomic mass is 28.3. The van der Waals surface area contributed by atoms with Crippen LogP contribution in [0.25, 0.3) is 0 Å². The van der Waals surface area contributed by atoms with Gasteiger partial charge in [-0.1, -0.05) is 97.1 Å². The van der Waals surface area contributed by atoms with Crippen molar-refractivity contribution >= 4 is 28.8 Å². The highest BCUT2D eigenvalue weighted by Crippen LogP contribution is 2.08. The lowest BCUT2D eigenvalue weighted by molar-refractivity contribution is 1.33.